The summed E-state index contributed by atoms with van der Waals surface area (Å²) in [6.45, 7) is -0.279. The van der Waals surface area contributed by atoms with Crippen molar-refractivity contribution in [1.29, 1.82) is 0 Å². The number of aliphatic carboxylic acids is 1. The summed E-state index contributed by atoms with van der Waals surface area (Å²) in [5.41, 5.74) is -0.0630. The van der Waals surface area contributed by atoms with Crippen LogP contribution in [0.5, 0.6) is 0 Å². The molecule has 3 N–H and O–H groups in total. The number of hydrogen-bond donors (Lipinski definition) is 3. The van der Waals surface area contributed by atoms with Crippen LogP contribution in [-0.4, -0.2) is 85.2 Å². The standard InChI is InChI=1S/C17H19N7O7S4.2Na/c25-11(6-8-2-1-5-32-8)19-12-14(26)24-13(16(27)28)9(7-33-15(12)24)10(3-4-18-35(29,30)31)34-17-20-22-23-21-17;;/h1-2,5,10,12,15,18H,3-4,6-7H2,(H,19,25)(H,27,28)(H,29,30,31)(H,20,21,22,23);;/q;2*+1/p-2/t10?,12?,15-;;/m0../s1. The largest absolute Gasteiger partial charge is 1.00 e. The number of carbonyl (C=O) groups is 3. The second-order valence-electron chi connectivity index (χ2n) is 7.32. The molecular weight excluding hydrogens is 588 g/mol. The van der Waals surface area contributed by atoms with Gasteiger partial charge in [-0.25, -0.2) is 18.2 Å². The fourth-order valence-electron chi connectivity index (χ4n) is 3.63. The molecule has 2 amide bonds. The maximum atomic E-state index is 12.9. The molecule has 0 aromatic carbocycles. The Bertz CT molecular complexity index is 1240. The van der Waals surface area contributed by atoms with Crippen molar-refractivity contribution in [1.82, 2.24) is 35.6 Å². The summed E-state index contributed by atoms with van der Waals surface area (Å²) in [5.74, 6) is -2.39. The number of carboxylic acid groups (broad SMARTS) is 1. The van der Waals surface area contributed by atoms with Gasteiger partial charge in [0.2, 0.25) is 11.1 Å². The Morgan fingerprint density at radius 3 is 2.70 bits per heavy atom. The van der Waals surface area contributed by atoms with Crippen molar-refractivity contribution in [2.45, 2.75) is 34.7 Å². The van der Waals surface area contributed by atoms with Crippen molar-refractivity contribution in [2.75, 3.05) is 12.3 Å². The summed E-state index contributed by atoms with van der Waals surface area (Å²) < 4.78 is 34.6. The van der Waals surface area contributed by atoms with Gasteiger partial charge in [-0.15, -0.1) is 28.2 Å². The van der Waals surface area contributed by atoms with Gasteiger partial charge in [-0.3, -0.25) is 14.5 Å². The molecule has 1 fully saturated rings. The number of thiophene rings is 1. The third kappa shape index (κ3) is 8.24. The van der Waals surface area contributed by atoms with Crippen LogP contribution in [0.4, 0.5) is 0 Å². The van der Waals surface area contributed by atoms with Crippen LogP contribution in [0, 0.1) is 0 Å². The maximum Gasteiger partial charge on any atom is 1.00 e. The molecule has 0 aliphatic carbocycles. The molecule has 0 bridgehead atoms. The van der Waals surface area contributed by atoms with E-state index in [9.17, 15) is 32.5 Å². The van der Waals surface area contributed by atoms with Gasteiger partial charge < -0.3 is 19.8 Å². The molecule has 2 aromatic rings. The van der Waals surface area contributed by atoms with Crippen LogP contribution in [0.15, 0.2) is 33.9 Å². The first-order valence-corrected chi connectivity index (χ1v) is 14.2. The van der Waals surface area contributed by atoms with Crippen LogP contribution in [0.2, 0.25) is 0 Å². The van der Waals surface area contributed by atoms with E-state index in [0.717, 1.165) is 21.5 Å². The van der Waals surface area contributed by atoms with Gasteiger partial charge in [-0.1, -0.05) is 17.8 Å². The number of amides is 2. The molecule has 20 heteroatoms. The number of H-pyrrole nitrogens is 1. The maximum absolute atomic E-state index is 12.9. The van der Waals surface area contributed by atoms with Gasteiger partial charge in [-0.05, 0) is 33.9 Å². The van der Waals surface area contributed by atoms with E-state index in [0.29, 0.717) is 0 Å². The summed E-state index contributed by atoms with van der Waals surface area (Å²) in [6, 6.07) is 2.72. The Morgan fingerprint density at radius 2 is 2.11 bits per heavy atom. The molecule has 0 saturated carbocycles. The van der Waals surface area contributed by atoms with Gasteiger partial charge in [-0.2, -0.15) is 0 Å². The van der Waals surface area contributed by atoms with Crippen molar-refractivity contribution < 1.29 is 91.6 Å². The van der Waals surface area contributed by atoms with Crippen LogP contribution >= 0.6 is 34.9 Å². The third-order valence-electron chi connectivity index (χ3n) is 5.08. The average molecular weight is 606 g/mol. The van der Waals surface area contributed by atoms with E-state index >= 15 is 0 Å². The first-order valence-electron chi connectivity index (χ1n) is 9.95. The summed E-state index contributed by atoms with van der Waals surface area (Å²) >= 11 is 3.68. The van der Waals surface area contributed by atoms with E-state index in [1.807, 2.05) is 16.2 Å². The zero-order valence-electron chi connectivity index (χ0n) is 19.6. The number of rotatable bonds is 11. The van der Waals surface area contributed by atoms with E-state index in [2.05, 4.69) is 25.9 Å². The number of aromatic nitrogens is 4. The van der Waals surface area contributed by atoms with E-state index in [-0.39, 0.29) is 107 Å². The number of β-lactam (4-membered cyclic amide) rings is 1. The molecule has 2 aliphatic heterocycles. The van der Waals surface area contributed by atoms with Gasteiger partial charge in [0.15, 0.2) is 10.3 Å². The SMILES string of the molecule is O=C(Cc1cccs1)NC1C(=O)N2C(C(=O)[O-])=C(C(CCNS(=O)(=O)[O-])Sc3nnn[nH]3)CS[C@@H]12.[Na+].[Na+]. The molecule has 4 rings (SSSR count). The van der Waals surface area contributed by atoms with Crippen LogP contribution < -0.4 is 74.3 Å². The Hall–Kier alpha value is -0.510. The number of thioether (sulfide) groups is 2. The van der Waals surface area contributed by atoms with Crippen molar-refractivity contribution >= 4 is 62.9 Å². The molecular formula is C17H17N7Na2O7S4. The average Bonchev–Trinajstić information content (AvgIpc) is 3.49. The fourth-order valence-corrected chi connectivity index (χ4v) is 7.25. The monoisotopic (exact) mass is 605 g/mol. The Labute approximate surface area is 268 Å². The van der Waals surface area contributed by atoms with Crippen LogP contribution in [-0.2, 0) is 31.1 Å². The number of carbonyl (C=O) groups excluding carboxylic acids is 3. The minimum Gasteiger partial charge on any atom is -0.735 e. The zero-order valence-corrected chi connectivity index (χ0v) is 26.8. The molecule has 4 heterocycles. The normalized spacial score (nSPS) is 19.7. The minimum absolute atomic E-state index is 0. The molecule has 2 aromatic heterocycles. The van der Waals surface area contributed by atoms with Crippen molar-refractivity contribution in [2.24, 2.45) is 0 Å². The molecule has 14 nitrogen and oxygen atoms in total. The number of tetrazole rings is 1. The Balaban J connectivity index is 0.00000241. The molecule has 188 valence electrons. The number of carboxylic acids is 1. The molecule has 0 spiro atoms. The van der Waals surface area contributed by atoms with Gasteiger partial charge in [0, 0.05) is 22.4 Å². The zero-order chi connectivity index (χ0) is 25.2. The minimum atomic E-state index is -4.71. The number of hydrogen-bond acceptors (Lipinski definition) is 13. The molecule has 0 radical (unpaired) electrons. The van der Waals surface area contributed by atoms with Gasteiger partial charge in [0.1, 0.15) is 11.4 Å². The van der Waals surface area contributed by atoms with E-state index in [1.165, 1.54) is 23.1 Å². The van der Waals surface area contributed by atoms with Crippen molar-refractivity contribution in [3.05, 3.63) is 33.7 Å². The Kier molecular flexibility index (Phi) is 12.6. The second kappa shape index (κ2) is 14.2. The summed E-state index contributed by atoms with van der Waals surface area (Å²) in [5, 5.41) is 28.6. The van der Waals surface area contributed by atoms with E-state index in [4.69, 9.17) is 0 Å². The van der Waals surface area contributed by atoms with Crippen LogP contribution in [0.3, 0.4) is 0 Å². The number of aromatic amines is 1. The van der Waals surface area contributed by atoms with Gasteiger partial charge in [0.25, 0.3) is 5.91 Å². The van der Waals surface area contributed by atoms with E-state index in [1.54, 1.807) is 6.07 Å². The molecule has 37 heavy (non-hydrogen) atoms. The number of nitrogens with one attached hydrogen (secondary N) is 3. The van der Waals surface area contributed by atoms with Crippen LogP contribution in [0.1, 0.15) is 11.3 Å². The fraction of sp³-hybridized carbons (Fsp3) is 0.412. The molecule has 1 saturated heterocycles. The second-order valence-corrected chi connectivity index (χ2v) is 11.8. The number of fused-ring (bicyclic) bond motifs is 1. The third-order valence-corrected chi connectivity index (χ3v) is 9.01. The topological polar surface area (TPSA) is 213 Å². The smallest absolute Gasteiger partial charge is 0.735 e. The molecule has 2 aliphatic rings. The van der Waals surface area contributed by atoms with Gasteiger partial charge in [0.05, 0.1) is 18.1 Å². The molecule has 3 atom stereocenters. The van der Waals surface area contributed by atoms with Gasteiger partial charge >= 0.3 is 59.1 Å². The summed E-state index contributed by atoms with van der Waals surface area (Å²) in [6.07, 6.45) is 0.111. The first kappa shape index (κ1) is 32.7. The molecule has 2 unspecified atom stereocenters. The van der Waals surface area contributed by atoms with Crippen LogP contribution in [0.25, 0.3) is 0 Å². The van der Waals surface area contributed by atoms with E-state index < -0.39 is 38.8 Å². The van der Waals surface area contributed by atoms with Crippen molar-refractivity contribution in [3.8, 4) is 0 Å². The Morgan fingerprint density at radius 1 is 1.35 bits per heavy atom. The summed E-state index contributed by atoms with van der Waals surface area (Å²) in [7, 11) is -4.71. The quantitative estimate of drug-likeness (QED) is 0.0943. The predicted molar refractivity (Wildman–Crippen MR) is 121 cm³/mol. The number of nitrogens with zero attached hydrogens (tertiary/aromatic N) is 4. The van der Waals surface area contributed by atoms with Crippen molar-refractivity contribution in [3.63, 3.8) is 0 Å². The summed E-state index contributed by atoms with van der Waals surface area (Å²) in [4.78, 5) is 39.2. The first-order chi connectivity index (χ1) is 16.6. The predicted octanol–water partition coefficient (Wildman–Crippen LogP) is -8.18.